The molecule has 2 heteroatoms. The van der Waals surface area contributed by atoms with Crippen LogP contribution in [0.25, 0.3) is 21.5 Å². The number of carbonyl (C=O) groups is 1. The van der Waals surface area contributed by atoms with Crippen molar-refractivity contribution in [3.05, 3.63) is 108 Å². The molecule has 4 aromatic rings. The van der Waals surface area contributed by atoms with Gasteiger partial charge >= 0.3 is 5.97 Å². The number of carbonyl (C=O) groups excluding carboxylic acids is 1. The monoisotopic (exact) mass is 350 g/mol. The molecule has 0 aromatic heterocycles. The zero-order valence-corrected chi connectivity index (χ0v) is 14.8. The van der Waals surface area contributed by atoms with Crippen LogP contribution < -0.4 is 0 Å². The van der Waals surface area contributed by atoms with E-state index in [0.29, 0.717) is 5.57 Å². The molecule has 0 amide bonds. The summed E-state index contributed by atoms with van der Waals surface area (Å²) in [5, 5.41) is 4.60. The molecule has 0 saturated carbocycles. The van der Waals surface area contributed by atoms with E-state index in [9.17, 15) is 4.79 Å². The van der Waals surface area contributed by atoms with Gasteiger partial charge in [0, 0.05) is 5.57 Å². The third-order valence-electron chi connectivity index (χ3n) is 5.43. The van der Waals surface area contributed by atoms with Gasteiger partial charge in [0.15, 0.2) is 0 Å². The Morgan fingerprint density at radius 3 is 2.30 bits per heavy atom. The second-order valence-corrected chi connectivity index (χ2v) is 7.00. The Bertz CT molecular complexity index is 1200. The molecule has 1 aliphatic rings. The Balaban J connectivity index is 1.68. The van der Waals surface area contributed by atoms with Crippen LogP contribution in [-0.2, 0) is 9.53 Å². The summed E-state index contributed by atoms with van der Waals surface area (Å²) in [6, 6.07) is 28.9. The molecule has 4 aromatic carbocycles. The van der Waals surface area contributed by atoms with Gasteiger partial charge < -0.3 is 4.74 Å². The van der Waals surface area contributed by atoms with Crippen molar-refractivity contribution in [2.45, 2.75) is 12.0 Å². The fourth-order valence-electron chi connectivity index (χ4n) is 4.09. The Labute approximate surface area is 157 Å². The predicted molar refractivity (Wildman–Crippen MR) is 109 cm³/mol. The highest BCUT2D eigenvalue weighted by Gasteiger charge is 2.41. The fourth-order valence-corrected chi connectivity index (χ4v) is 4.09. The van der Waals surface area contributed by atoms with Gasteiger partial charge in [-0.05, 0) is 38.7 Å². The maximum absolute atomic E-state index is 12.4. The summed E-state index contributed by atoms with van der Waals surface area (Å²) >= 11 is 0. The van der Waals surface area contributed by atoms with Gasteiger partial charge in [-0.25, -0.2) is 4.79 Å². The second kappa shape index (κ2) is 6.10. The standard InChI is InChI=1S/C25H18O2/c1-16-23(22-12-6-10-18-8-4-5-11-21(18)22)24(27-25(16)26)20-14-13-17-7-2-3-9-19(17)15-20/h2-15,23-24H,1H2/t23-,24+/m0/s1. The van der Waals surface area contributed by atoms with Crippen molar-refractivity contribution in [3.8, 4) is 0 Å². The van der Waals surface area contributed by atoms with E-state index in [1.165, 1.54) is 5.39 Å². The summed E-state index contributed by atoms with van der Waals surface area (Å²) in [6.07, 6.45) is -0.361. The van der Waals surface area contributed by atoms with Crippen molar-refractivity contribution in [2.24, 2.45) is 0 Å². The lowest BCUT2D eigenvalue weighted by Crippen LogP contribution is -2.07. The highest BCUT2D eigenvalue weighted by Crippen LogP contribution is 2.47. The summed E-state index contributed by atoms with van der Waals surface area (Å²) in [5.74, 6) is -0.504. The first-order chi connectivity index (χ1) is 13.2. The van der Waals surface area contributed by atoms with Crippen molar-refractivity contribution in [2.75, 3.05) is 0 Å². The molecule has 0 unspecified atom stereocenters. The lowest BCUT2D eigenvalue weighted by atomic mass is 9.83. The van der Waals surface area contributed by atoms with E-state index < -0.39 is 0 Å². The smallest absolute Gasteiger partial charge is 0.334 e. The van der Waals surface area contributed by atoms with Gasteiger partial charge in [-0.3, -0.25) is 0 Å². The first-order valence-electron chi connectivity index (χ1n) is 9.08. The van der Waals surface area contributed by atoms with Gasteiger partial charge in [0.2, 0.25) is 0 Å². The number of rotatable bonds is 2. The molecule has 0 aliphatic carbocycles. The van der Waals surface area contributed by atoms with Gasteiger partial charge in [0.1, 0.15) is 6.10 Å². The topological polar surface area (TPSA) is 26.3 Å². The van der Waals surface area contributed by atoms with Gasteiger partial charge in [0.25, 0.3) is 0 Å². The minimum absolute atomic E-state index is 0.190. The van der Waals surface area contributed by atoms with E-state index in [1.54, 1.807) is 0 Å². The summed E-state index contributed by atoms with van der Waals surface area (Å²) in [6.45, 7) is 4.06. The summed E-state index contributed by atoms with van der Waals surface area (Å²) in [5.41, 5.74) is 2.60. The quantitative estimate of drug-likeness (QED) is 0.331. The average molecular weight is 350 g/mol. The number of cyclic esters (lactones) is 1. The molecule has 5 rings (SSSR count). The van der Waals surface area contributed by atoms with Crippen LogP contribution in [0.15, 0.2) is 97.1 Å². The van der Waals surface area contributed by atoms with Crippen LogP contribution in [-0.4, -0.2) is 5.97 Å². The van der Waals surface area contributed by atoms with E-state index in [1.807, 2.05) is 30.3 Å². The van der Waals surface area contributed by atoms with E-state index in [4.69, 9.17) is 4.74 Å². The molecule has 2 atom stereocenters. The molecule has 130 valence electrons. The highest BCUT2D eigenvalue weighted by molar-refractivity contribution is 5.95. The van der Waals surface area contributed by atoms with Crippen LogP contribution in [0.1, 0.15) is 23.1 Å². The molecule has 27 heavy (non-hydrogen) atoms. The summed E-state index contributed by atoms with van der Waals surface area (Å²) < 4.78 is 5.79. The SMILES string of the molecule is C=C1C(=O)O[C@H](c2ccc3ccccc3c2)[C@@H]1c1cccc2ccccc12. The van der Waals surface area contributed by atoms with E-state index in [0.717, 1.165) is 27.3 Å². The predicted octanol–water partition coefficient (Wildman–Crippen LogP) is 5.93. The Morgan fingerprint density at radius 1 is 0.741 bits per heavy atom. The molecule has 0 bridgehead atoms. The molecular formula is C25H18O2. The summed E-state index contributed by atoms with van der Waals surface area (Å²) in [7, 11) is 0. The fraction of sp³-hybridized carbons (Fsp3) is 0.0800. The minimum Gasteiger partial charge on any atom is -0.453 e. The molecule has 0 N–H and O–H groups in total. The molecule has 1 saturated heterocycles. The first kappa shape index (κ1) is 15.8. The van der Waals surface area contributed by atoms with E-state index in [2.05, 4.69) is 61.2 Å². The van der Waals surface area contributed by atoms with Crippen molar-refractivity contribution < 1.29 is 9.53 Å². The van der Waals surface area contributed by atoms with Crippen molar-refractivity contribution in [1.29, 1.82) is 0 Å². The Morgan fingerprint density at radius 2 is 1.44 bits per heavy atom. The van der Waals surface area contributed by atoms with Crippen molar-refractivity contribution in [3.63, 3.8) is 0 Å². The van der Waals surface area contributed by atoms with Gasteiger partial charge in [0.05, 0.1) is 5.92 Å². The van der Waals surface area contributed by atoms with Crippen LogP contribution >= 0.6 is 0 Å². The zero-order chi connectivity index (χ0) is 18.4. The molecule has 2 nitrogen and oxygen atoms in total. The zero-order valence-electron chi connectivity index (χ0n) is 14.8. The third-order valence-corrected chi connectivity index (χ3v) is 5.43. The third kappa shape index (κ3) is 2.53. The van der Waals surface area contributed by atoms with Gasteiger partial charge in [-0.15, -0.1) is 0 Å². The first-order valence-corrected chi connectivity index (χ1v) is 9.08. The normalized spacial score (nSPS) is 19.6. The maximum Gasteiger partial charge on any atom is 0.334 e. The number of benzene rings is 4. The van der Waals surface area contributed by atoms with Crippen LogP contribution in [0, 0.1) is 0 Å². The van der Waals surface area contributed by atoms with Crippen molar-refractivity contribution >= 4 is 27.5 Å². The molecule has 1 aliphatic heterocycles. The minimum atomic E-state index is -0.361. The van der Waals surface area contributed by atoms with Crippen LogP contribution in [0.3, 0.4) is 0 Å². The Kier molecular flexibility index (Phi) is 3.58. The molecule has 1 heterocycles. The van der Waals surface area contributed by atoms with E-state index >= 15 is 0 Å². The molecule has 0 spiro atoms. The largest absolute Gasteiger partial charge is 0.453 e. The van der Waals surface area contributed by atoms with Gasteiger partial charge in [-0.1, -0.05) is 85.4 Å². The Hall–Kier alpha value is -3.39. The average Bonchev–Trinajstić information content (AvgIpc) is 3.01. The van der Waals surface area contributed by atoms with Crippen molar-refractivity contribution in [1.82, 2.24) is 0 Å². The summed E-state index contributed by atoms with van der Waals surface area (Å²) in [4.78, 5) is 12.4. The number of hydrogen-bond acceptors (Lipinski definition) is 2. The molecule has 1 fully saturated rings. The highest BCUT2D eigenvalue weighted by atomic mass is 16.6. The van der Waals surface area contributed by atoms with E-state index in [-0.39, 0.29) is 18.0 Å². The number of fused-ring (bicyclic) bond motifs is 2. The molecule has 0 radical (unpaired) electrons. The second-order valence-electron chi connectivity index (χ2n) is 7.00. The van der Waals surface area contributed by atoms with Gasteiger partial charge in [-0.2, -0.15) is 0 Å². The van der Waals surface area contributed by atoms with Crippen LogP contribution in [0.2, 0.25) is 0 Å². The van der Waals surface area contributed by atoms with Crippen LogP contribution in [0.4, 0.5) is 0 Å². The lowest BCUT2D eigenvalue weighted by Gasteiger charge is -2.20. The number of esters is 1. The maximum atomic E-state index is 12.4. The van der Waals surface area contributed by atoms with Crippen LogP contribution in [0.5, 0.6) is 0 Å². The number of hydrogen-bond donors (Lipinski definition) is 0. The number of ether oxygens (including phenoxy) is 1. The lowest BCUT2D eigenvalue weighted by molar-refractivity contribution is -0.139. The molecular weight excluding hydrogens is 332 g/mol.